The van der Waals surface area contributed by atoms with E-state index in [1.807, 2.05) is 0 Å². The summed E-state index contributed by atoms with van der Waals surface area (Å²) < 4.78 is 64.3. The molecule has 3 aromatic rings. The first-order chi connectivity index (χ1) is 18.1. The van der Waals surface area contributed by atoms with E-state index in [2.05, 4.69) is 11.6 Å². The summed E-state index contributed by atoms with van der Waals surface area (Å²) in [6.45, 7) is 4.81. The molecule has 5 rings (SSSR count). The van der Waals surface area contributed by atoms with E-state index >= 15 is 0 Å². The molecule has 3 heterocycles. The normalized spacial score (nSPS) is 18.0. The second-order valence-corrected chi connectivity index (χ2v) is 10.1. The Labute approximate surface area is 219 Å². The number of rotatable bonds is 4. The molecule has 0 bridgehead atoms. The number of carbonyl (C=O) groups is 1. The first-order valence-corrected chi connectivity index (χ1v) is 12.9. The molecule has 1 amide bonds. The van der Waals surface area contributed by atoms with Crippen molar-refractivity contribution in [2.24, 2.45) is 0 Å². The summed E-state index contributed by atoms with van der Waals surface area (Å²) in [6, 6.07) is 5.87. The van der Waals surface area contributed by atoms with Crippen LogP contribution >= 0.6 is 11.8 Å². The first kappa shape index (κ1) is 26.2. The van der Waals surface area contributed by atoms with Gasteiger partial charge in [-0.25, -0.2) is 9.18 Å². The number of hydrogen-bond acceptors (Lipinski definition) is 6. The molecule has 0 spiro atoms. The maximum Gasteiger partial charge on any atom is 0.417 e. The average Bonchev–Trinajstić information content (AvgIpc) is 3.11. The lowest BCUT2D eigenvalue weighted by Gasteiger charge is -2.35. The molecule has 0 N–H and O–H groups in total. The number of thioether (sulfide) groups is 1. The fourth-order valence-electron chi connectivity index (χ4n) is 4.91. The van der Waals surface area contributed by atoms with E-state index in [4.69, 9.17) is 4.74 Å². The number of halogens is 4. The lowest BCUT2D eigenvalue weighted by atomic mass is 9.96. The summed E-state index contributed by atoms with van der Waals surface area (Å²) in [6.07, 6.45) is -3.97. The Bertz CT molecular complexity index is 1460. The average molecular weight is 549 g/mol. The molecule has 2 aliphatic heterocycles. The molecule has 1 aromatic heterocycles. The molecule has 200 valence electrons. The van der Waals surface area contributed by atoms with Crippen molar-refractivity contribution in [3.63, 3.8) is 0 Å². The zero-order valence-corrected chi connectivity index (χ0v) is 21.2. The third-order valence-electron chi connectivity index (χ3n) is 6.84. The van der Waals surface area contributed by atoms with Crippen molar-refractivity contribution in [2.75, 3.05) is 43.9 Å². The number of nitrogens with zero attached hydrogens (tertiary/aromatic N) is 4. The van der Waals surface area contributed by atoms with Gasteiger partial charge in [0.15, 0.2) is 0 Å². The molecular weight excluding hydrogens is 524 g/mol. The fourth-order valence-corrected chi connectivity index (χ4v) is 6.24. The summed E-state index contributed by atoms with van der Waals surface area (Å²) in [5.74, 6) is -0.365. The molecule has 2 aromatic carbocycles. The van der Waals surface area contributed by atoms with Crippen molar-refractivity contribution in [3.05, 3.63) is 64.9 Å². The number of carbonyl (C=O) groups excluding carboxylic acids is 1. The quantitative estimate of drug-likeness (QED) is 0.360. The van der Waals surface area contributed by atoms with Crippen molar-refractivity contribution in [1.29, 1.82) is 0 Å². The summed E-state index contributed by atoms with van der Waals surface area (Å²) in [5.41, 5.74) is -1.09. The summed E-state index contributed by atoms with van der Waals surface area (Å²) in [5, 5.41) is 0.186. The highest BCUT2D eigenvalue weighted by Gasteiger charge is 2.38. The maximum absolute atomic E-state index is 14.6. The molecule has 1 atom stereocenters. The number of methoxy groups -OCH3 is 1. The van der Waals surface area contributed by atoms with Gasteiger partial charge in [-0.2, -0.15) is 18.2 Å². The molecule has 38 heavy (non-hydrogen) atoms. The van der Waals surface area contributed by atoms with Crippen LogP contribution in [0.1, 0.15) is 5.56 Å². The second kappa shape index (κ2) is 10.1. The Kier molecular flexibility index (Phi) is 6.95. The molecule has 12 heteroatoms. The topological polar surface area (TPSA) is 67.7 Å². The van der Waals surface area contributed by atoms with E-state index in [1.54, 1.807) is 9.80 Å². The van der Waals surface area contributed by atoms with Crippen molar-refractivity contribution in [2.45, 2.75) is 23.7 Å². The molecule has 0 unspecified atom stereocenters. The Hall–Kier alpha value is -3.38. The van der Waals surface area contributed by atoms with Crippen LogP contribution in [0.25, 0.3) is 22.0 Å². The van der Waals surface area contributed by atoms with Gasteiger partial charge < -0.3 is 14.5 Å². The Balaban J connectivity index is 1.79. The minimum atomic E-state index is -4.74. The Morgan fingerprint density at radius 1 is 1.18 bits per heavy atom. The monoisotopic (exact) mass is 548 g/mol. The van der Waals surface area contributed by atoms with Gasteiger partial charge in [0, 0.05) is 54.9 Å². The predicted octanol–water partition coefficient (Wildman–Crippen LogP) is 4.18. The lowest BCUT2D eigenvalue weighted by Crippen LogP contribution is -2.49. The fraction of sp³-hybridized carbons (Fsp3) is 0.346. The van der Waals surface area contributed by atoms with Crippen molar-refractivity contribution in [1.82, 2.24) is 14.5 Å². The number of benzene rings is 2. The smallest absolute Gasteiger partial charge is 0.379 e. The van der Waals surface area contributed by atoms with E-state index in [9.17, 15) is 27.2 Å². The van der Waals surface area contributed by atoms with Gasteiger partial charge in [-0.1, -0.05) is 18.7 Å². The van der Waals surface area contributed by atoms with Gasteiger partial charge in [-0.05, 0) is 29.8 Å². The summed E-state index contributed by atoms with van der Waals surface area (Å²) >= 11 is 1.17. The van der Waals surface area contributed by atoms with Crippen LogP contribution in [0.15, 0.2) is 52.7 Å². The molecule has 0 aliphatic carbocycles. The van der Waals surface area contributed by atoms with Crippen LogP contribution in [-0.2, 0) is 22.3 Å². The molecular formula is C26H24F4N4O3S. The Morgan fingerprint density at radius 3 is 2.47 bits per heavy atom. The number of aromatic nitrogens is 2. The van der Waals surface area contributed by atoms with Crippen molar-refractivity contribution >= 4 is 34.4 Å². The number of ether oxygens (including phenoxy) is 1. The van der Waals surface area contributed by atoms with Gasteiger partial charge in [-0.15, -0.1) is 11.8 Å². The van der Waals surface area contributed by atoms with Crippen molar-refractivity contribution in [3.8, 4) is 11.1 Å². The van der Waals surface area contributed by atoms with Crippen LogP contribution in [0.3, 0.4) is 0 Å². The van der Waals surface area contributed by atoms with E-state index < -0.39 is 29.4 Å². The van der Waals surface area contributed by atoms with Crippen LogP contribution in [-0.4, -0.2) is 65.5 Å². The largest absolute Gasteiger partial charge is 0.417 e. The lowest BCUT2D eigenvalue weighted by molar-refractivity contribution is -0.137. The van der Waals surface area contributed by atoms with E-state index in [0.717, 1.165) is 18.2 Å². The van der Waals surface area contributed by atoms with Crippen molar-refractivity contribution < 1.29 is 27.1 Å². The van der Waals surface area contributed by atoms with Crippen LogP contribution in [0, 0.1) is 5.82 Å². The zero-order chi connectivity index (χ0) is 27.2. The maximum atomic E-state index is 14.6. The van der Waals surface area contributed by atoms with E-state index in [0.29, 0.717) is 24.4 Å². The van der Waals surface area contributed by atoms with Gasteiger partial charge >= 0.3 is 11.9 Å². The molecule has 0 radical (unpaired) electrons. The van der Waals surface area contributed by atoms with Gasteiger partial charge in [0.05, 0.1) is 23.7 Å². The minimum Gasteiger partial charge on any atom is -0.379 e. The summed E-state index contributed by atoms with van der Waals surface area (Å²) in [4.78, 5) is 33.2. The number of hydrogen-bond donors (Lipinski definition) is 0. The number of alkyl halides is 3. The highest BCUT2D eigenvalue weighted by atomic mass is 32.2. The highest BCUT2D eigenvalue weighted by Crippen LogP contribution is 2.48. The van der Waals surface area contributed by atoms with E-state index in [-0.39, 0.29) is 52.8 Å². The molecule has 0 saturated carbocycles. The first-order valence-electron chi connectivity index (χ1n) is 11.9. The van der Waals surface area contributed by atoms with Crippen LogP contribution in [0.4, 0.5) is 23.4 Å². The minimum absolute atomic E-state index is 0.113. The highest BCUT2D eigenvalue weighted by molar-refractivity contribution is 7.99. The standard InChI is InChI=1S/C26H24F4N4O3S/c1-3-20(35)32-8-10-33(11-9-32)24-18-12-19(26(28,29)30)21(15-4-6-16(27)7-5-15)23-22(18)34(25(36)31-24)13-17(37-2)14-38-23/h3-7,12,17H,1,8-11,13-14H2,2H3/t17-/m1/s1. The van der Waals surface area contributed by atoms with Gasteiger partial charge in [0.2, 0.25) is 5.91 Å². The third kappa shape index (κ3) is 4.66. The number of amides is 1. The predicted molar refractivity (Wildman–Crippen MR) is 137 cm³/mol. The molecule has 7 nitrogen and oxygen atoms in total. The van der Waals surface area contributed by atoms with Crippen LogP contribution in [0.5, 0.6) is 0 Å². The molecule has 2 aliphatic rings. The van der Waals surface area contributed by atoms with Gasteiger partial charge in [0.25, 0.3) is 0 Å². The third-order valence-corrected chi connectivity index (χ3v) is 8.06. The SMILES string of the molecule is C=CC(=O)N1CCN(c2nc(=O)n3c4c(c(-c5ccc(F)cc5)c(C(F)(F)F)cc24)SC[C@H](OC)C3)CC1. The van der Waals surface area contributed by atoms with E-state index in [1.165, 1.54) is 41.6 Å². The Morgan fingerprint density at radius 2 is 1.87 bits per heavy atom. The summed E-state index contributed by atoms with van der Waals surface area (Å²) in [7, 11) is 1.48. The van der Waals surface area contributed by atoms with Crippen LogP contribution < -0.4 is 10.6 Å². The van der Waals surface area contributed by atoms with Crippen LogP contribution in [0.2, 0.25) is 0 Å². The van der Waals surface area contributed by atoms with Gasteiger partial charge in [-0.3, -0.25) is 9.36 Å². The molecule has 1 saturated heterocycles. The number of piperazine rings is 1. The molecule has 1 fully saturated rings. The number of anilines is 1. The zero-order valence-electron chi connectivity index (χ0n) is 20.4. The second-order valence-electron chi connectivity index (χ2n) is 9.04. The van der Waals surface area contributed by atoms with Gasteiger partial charge in [0.1, 0.15) is 11.6 Å².